The molecule has 0 aromatic heterocycles. The lowest BCUT2D eigenvalue weighted by Gasteiger charge is -2.25. The topological polar surface area (TPSA) is 58.2 Å². The third-order valence-electron chi connectivity index (χ3n) is 4.33. The van der Waals surface area contributed by atoms with Crippen molar-refractivity contribution < 1.29 is 8.42 Å². The Morgan fingerprint density at radius 2 is 1.94 bits per heavy atom. The van der Waals surface area contributed by atoms with Gasteiger partial charge in [-0.1, -0.05) is 12.8 Å². The highest BCUT2D eigenvalue weighted by atomic mass is 32.2. The minimum atomic E-state index is -3.11. The second-order valence-electron chi connectivity index (χ2n) is 5.94. The van der Waals surface area contributed by atoms with Crippen LogP contribution in [0, 0.1) is 11.8 Å². The molecule has 1 aliphatic carbocycles. The minimum absolute atomic E-state index is 0.106. The second kappa shape index (κ2) is 6.35. The summed E-state index contributed by atoms with van der Waals surface area (Å²) < 4.78 is 27.1. The van der Waals surface area contributed by atoms with Crippen molar-refractivity contribution in [3.63, 3.8) is 0 Å². The van der Waals surface area contributed by atoms with Crippen LogP contribution in [-0.4, -0.2) is 33.3 Å². The van der Waals surface area contributed by atoms with Gasteiger partial charge in [-0.05, 0) is 57.5 Å². The van der Waals surface area contributed by atoms with Crippen molar-refractivity contribution in [3.05, 3.63) is 0 Å². The molecule has 2 rings (SSSR count). The van der Waals surface area contributed by atoms with Crippen molar-refractivity contribution in [1.29, 1.82) is 0 Å². The molecule has 106 valence electrons. The highest BCUT2D eigenvalue weighted by Gasteiger charge is 2.27. The van der Waals surface area contributed by atoms with Gasteiger partial charge < -0.3 is 5.32 Å². The lowest BCUT2D eigenvalue weighted by Crippen LogP contribution is -2.42. The molecule has 0 aromatic carbocycles. The summed E-state index contributed by atoms with van der Waals surface area (Å²) in [6.07, 6.45) is 6.99. The van der Waals surface area contributed by atoms with Crippen LogP contribution >= 0.6 is 0 Å². The maximum Gasteiger partial charge on any atom is 0.212 e. The van der Waals surface area contributed by atoms with Gasteiger partial charge in [0.1, 0.15) is 0 Å². The zero-order valence-corrected chi connectivity index (χ0v) is 12.1. The maximum atomic E-state index is 12.1. The first kappa shape index (κ1) is 14.3. The van der Waals surface area contributed by atoms with Crippen LogP contribution in [0.25, 0.3) is 0 Å². The smallest absolute Gasteiger partial charge is 0.212 e. The first-order valence-electron chi connectivity index (χ1n) is 7.27. The van der Waals surface area contributed by atoms with E-state index in [4.69, 9.17) is 0 Å². The molecule has 4 nitrogen and oxygen atoms in total. The summed E-state index contributed by atoms with van der Waals surface area (Å²) in [7, 11) is -3.11. The van der Waals surface area contributed by atoms with Crippen LogP contribution in [0.15, 0.2) is 0 Å². The molecule has 0 spiro atoms. The van der Waals surface area contributed by atoms with Gasteiger partial charge in [0.05, 0.1) is 5.75 Å². The van der Waals surface area contributed by atoms with E-state index in [0.29, 0.717) is 5.92 Å². The first-order chi connectivity index (χ1) is 8.57. The molecule has 0 bridgehead atoms. The summed E-state index contributed by atoms with van der Waals surface area (Å²) in [4.78, 5) is 0. The van der Waals surface area contributed by atoms with E-state index >= 15 is 0 Å². The van der Waals surface area contributed by atoms with Gasteiger partial charge >= 0.3 is 0 Å². The Morgan fingerprint density at radius 1 is 1.22 bits per heavy atom. The van der Waals surface area contributed by atoms with E-state index in [1.165, 1.54) is 25.7 Å². The predicted octanol–water partition coefficient (Wildman–Crippen LogP) is 1.48. The molecular weight excluding hydrogens is 248 g/mol. The molecule has 1 heterocycles. The first-order valence-corrected chi connectivity index (χ1v) is 8.93. The second-order valence-corrected chi connectivity index (χ2v) is 7.74. The normalized spacial score (nSPS) is 28.4. The fourth-order valence-corrected chi connectivity index (χ4v) is 5.02. The van der Waals surface area contributed by atoms with Gasteiger partial charge in [0.2, 0.25) is 10.0 Å². The standard InChI is InChI=1S/C13H26N2O2S/c1-11(13-6-2-3-7-13)15-18(16,17)10-12-5-4-8-14-9-12/h11-15H,2-10H2,1H3. The summed E-state index contributed by atoms with van der Waals surface area (Å²) in [5.74, 6) is 1.12. The van der Waals surface area contributed by atoms with Gasteiger partial charge in [-0.3, -0.25) is 0 Å². The molecule has 0 radical (unpaired) electrons. The zero-order valence-electron chi connectivity index (χ0n) is 11.3. The summed E-state index contributed by atoms with van der Waals surface area (Å²) in [5, 5.41) is 3.27. The van der Waals surface area contributed by atoms with Crippen LogP contribution in [0.3, 0.4) is 0 Å². The average molecular weight is 274 g/mol. The van der Waals surface area contributed by atoms with Crippen molar-refractivity contribution in [2.75, 3.05) is 18.8 Å². The van der Waals surface area contributed by atoms with Gasteiger partial charge in [0.15, 0.2) is 0 Å². The van der Waals surface area contributed by atoms with Crippen LogP contribution < -0.4 is 10.0 Å². The van der Waals surface area contributed by atoms with Crippen molar-refractivity contribution in [2.24, 2.45) is 11.8 Å². The number of hydrogen-bond donors (Lipinski definition) is 2. The van der Waals surface area contributed by atoms with E-state index in [1.807, 2.05) is 6.92 Å². The van der Waals surface area contributed by atoms with Crippen LogP contribution in [0.5, 0.6) is 0 Å². The van der Waals surface area contributed by atoms with Gasteiger partial charge in [-0.25, -0.2) is 13.1 Å². The molecule has 1 saturated carbocycles. The molecule has 2 fully saturated rings. The van der Waals surface area contributed by atoms with E-state index in [1.54, 1.807) is 0 Å². The summed E-state index contributed by atoms with van der Waals surface area (Å²) in [5.41, 5.74) is 0. The zero-order chi connectivity index (χ0) is 13.0. The molecule has 2 unspecified atom stereocenters. The quantitative estimate of drug-likeness (QED) is 0.798. The van der Waals surface area contributed by atoms with Gasteiger partial charge in [0, 0.05) is 6.04 Å². The highest BCUT2D eigenvalue weighted by Crippen LogP contribution is 2.28. The number of hydrogen-bond acceptors (Lipinski definition) is 3. The summed E-state index contributed by atoms with van der Waals surface area (Å²) in [6, 6.07) is 0.106. The Bertz CT molecular complexity index is 344. The molecule has 2 aliphatic rings. The van der Waals surface area contributed by atoms with Crippen molar-refractivity contribution in [2.45, 2.75) is 51.5 Å². The monoisotopic (exact) mass is 274 g/mol. The lowest BCUT2D eigenvalue weighted by atomic mass is 10.0. The van der Waals surface area contributed by atoms with Crippen molar-refractivity contribution in [3.8, 4) is 0 Å². The maximum absolute atomic E-state index is 12.1. The third-order valence-corrected chi connectivity index (χ3v) is 5.97. The van der Waals surface area contributed by atoms with Crippen molar-refractivity contribution >= 4 is 10.0 Å². The van der Waals surface area contributed by atoms with E-state index in [-0.39, 0.29) is 17.7 Å². The molecule has 2 atom stereocenters. The Kier molecular flexibility index (Phi) is 5.04. The van der Waals surface area contributed by atoms with Gasteiger partial charge in [-0.15, -0.1) is 0 Å². The van der Waals surface area contributed by atoms with Crippen LogP contribution in [0.2, 0.25) is 0 Å². The van der Waals surface area contributed by atoms with E-state index in [2.05, 4.69) is 10.0 Å². The SMILES string of the molecule is CC(NS(=O)(=O)CC1CCCNC1)C1CCCC1. The van der Waals surface area contributed by atoms with Crippen LogP contribution in [-0.2, 0) is 10.0 Å². The van der Waals surface area contributed by atoms with E-state index < -0.39 is 10.0 Å². The molecule has 2 N–H and O–H groups in total. The Morgan fingerprint density at radius 3 is 2.56 bits per heavy atom. The molecule has 0 aromatic rings. The molecule has 5 heteroatoms. The minimum Gasteiger partial charge on any atom is -0.316 e. The molecule has 18 heavy (non-hydrogen) atoms. The van der Waals surface area contributed by atoms with E-state index in [0.717, 1.165) is 25.9 Å². The summed E-state index contributed by atoms with van der Waals surface area (Å²) in [6.45, 7) is 3.90. The van der Waals surface area contributed by atoms with Crippen LogP contribution in [0.4, 0.5) is 0 Å². The summed E-state index contributed by atoms with van der Waals surface area (Å²) >= 11 is 0. The number of rotatable bonds is 5. The largest absolute Gasteiger partial charge is 0.316 e. The molecule has 1 aliphatic heterocycles. The van der Waals surface area contributed by atoms with E-state index in [9.17, 15) is 8.42 Å². The fraction of sp³-hybridized carbons (Fsp3) is 1.00. The Labute approximate surface area is 111 Å². The van der Waals surface area contributed by atoms with Crippen LogP contribution in [0.1, 0.15) is 45.4 Å². The Balaban J connectivity index is 1.82. The average Bonchev–Trinajstić information content (AvgIpc) is 2.82. The van der Waals surface area contributed by atoms with Gasteiger partial charge in [-0.2, -0.15) is 0 Å². The molecule has 1 saturated heterocycles. The molecule has 0 amide bonds. The number of nitrogens with one attached hydrogen (secondary N) is 2. The Hall–Kier alpha value is -0.130. The van der Waals surface area contributed by atoms with Crippen molar-refractivity contribution in [1.82, 2.24) is 10.0 Å². The number of piperidine rings is 1. The lowest BCUT2D eigenvalue weighted by molar-refractivity contribution is 0.394. The third kappa shape index (κ3) is 4.21. The highest BCUT2D eigenvalue weighted by molar-refractivity contribution is 7.89. The van der Waals surface area contributed by atoms with Gasteiger partial charge in [0.25, 0.3) is 0 Å². The molecular formula is C13H26N2O2S. The predicted molar refractivity (Wildman–Crippen MR) is 73.9 cm³/mol. The fourth-order valence-electron chi connectivity index (χ4n) is 3.26. The number of sulfonamides is 1.